The quantitative estimate of drug-likeness (QED) is 0.854. The van der Waals surface area contributed by atoms with E-state index in [1.54, 1.807) is 18.5 Å². The summed E-state index contributed by atoms with van der Waals surface area (Å²) in [6, 6.07) is 1.59. The van der Waals surface area contributed by atoms with Crippen molar-refractivity contribution in [1.82, 2.24) is 15.3 Å². The molecule has 0 radical (unpaired) electrons. The first-order valence-electron chi connectivity index (χ1n) is 7.75. The highest BCUT2D eigenvalue weighted by molar-refractivity contribution is 5.85. The Kier molecular flexibility index (Phi) is 4.34. The number of carbonyl (C=O) groups is 1. The topological polar surface area (TPSA) is 78.4 Å². The normalized spacial score (nSPS) is 28.8. The minimum atomic E-state index is -0.262. The molecule has 3 rings (SSSR count). The number of anilines is 1. The molecule has 1 saturated carbocycles. The molecule has 1 aliphatic carbocycles. The summed E-state index contributed by atoms with van der Waals surface area (Å²) in [6.45, 7) is 1.38. The van der Waals surface area contributed by atoms with E-state index in [-0.39, 0.29) is 24.0 Å². The van der Waals surface area contributed by atoms with Crippen LogP contribution in [0.2, 0.25) is 0 Å². The zero-order chi connectivity index (χ0) is 14.7. The van der Waals surface area contributed by atoms with Crippen molar-refractivity contribution in [1.29, 1.82) is 0 Å². The summed E-state index contributed by atoms with van der Waals surface area (Å²) in [7, 11) is 0. The van der Waals surface area contributed by atoms with Crippen LogP contribution in [-0.2, 0) is 4.79 Å². The number of carbonyl (C=O) groups excluding carboxylic acids is 1. The number of aliphatic hydroxyl groups excluding tert-OH is 1. The molecule has 0 spiro atoms. The van der Waals surface area contributed by atoms with Crippen molar-refractivity contribution in [2.45, 2.75) is 44.2 Å². The van der Waals surface area contributed by atoms with Crippen LogP contribution in [0.1, 0.15) is 32.1 Å². The second kappa shape index (κ2) is 6.39. The number of aliphatic hydroxyl groups is 1. The molecule has 0 aromatic carbocycles. The average molecular weight is 290 g/mol. The Morgan fingerprint density at radius 3 is 2.81 bits per heavy atom. The molecule has 3 unspecified atom stereocenters. The van der Waals surface area contributed by atoms with Gasteiger partial charge in [-0.25, -0.2) is 9.97 Å². The van der Waals surface area contributed by atoms with E-state index in [1.807, 2.05) is 4.90 Å². The maximum absolute atomic E-state index is 12.4. The first-order chi connectivity index (χ1) is 10.3. The van der Waals surface area contributed by atoms with Gasteiger partial charge in [-0.1, -0.05) is 6.42 Å². The van der Waals surface area contributed by atoms with Gasteiger partial charge in [-0.3, -0.25) is 4.79 Å². The number of aromatic nitrogens is 2. The van der Waals surface area contributed by atoms with E-state index in [9.17, 15) is 9.90 Å². The van der Waals surface area contributed by atoms with Crippen LogP contribution in [0.25, 0.3) is 0 Å². The average Bonchev–Trinajstić information content (AvgIpc) is 3.15. The highest BCUT2D eigenvalue weighted by Gasteiger charge is 2.33. The summed E-state index contributed by atoms with van der Waals surface area (Å²) in [5, 5.41) is 12.8. The summed E-state index contributed by atoms with van der Waals surface area (Å²) < 4.78 is 0. The van der Waals surface area contributed by atoms with Gasteiger partial charge in [0.2, 0.25) is 11.9 Å². The van der Waals surface area contributed by atoms with Crippen LogP contribution in [-0.4, -0.2) is 46.2 Å². The van der Waals surface area contributed by atoms with Crippen LogP contribution in [0, 0.1) is 5.92 Å². The minimum absolute atomic E-state index is 0.0269. The monoisotopic (exact) mass is 290 g/mol. The third-order valence-corrected chi connectivity index (χ3v) is 4.52. The smallest absolute Gasteiger partial charge is 0.242 e. The summed E-state index contributed by atoms with van der Waals surface area (Å²) in [5.41, 5.74) is 0. The molecule has 1 amide bonds. The molecule has 1 aliphatic heterocycles. The summed E-state index contributed by atoms with van der Waals surface area (Å²) in [4.78, 5) is 22.9. The third kappa shape index (κ3) is 3.15. The van der Waals surface area contributed by atoms with Crippen molar-refractivity contribution in [3.05, 3.63) is 18.5 Å². The van der Waals surface area contributed by atoms with Gasteiger partial charge in [-0.05, 0) is 31.7 Å². The van der Waals surface area contributed by atoms with Gasteiger partial charge < -0.3 is 15.3 Å². The van der Waals surface area contributed by atoms with Gasteiger partial charge in [-0.15, -0.1) is 0 Å². The van der Waals surface area contributed by atoms with Crippen LogP contribution in [0.4, 0.5) is 5.95 Å². The Morgan fingerprint density at radius 2 is 2.10 bits per heavy atom. The Balaban J connectivity index is 1.58. The van der Waals surface area contributed by atoms with E-state index in [1.165, 1.54) is 0 Å². The molecule has 2 fully saturated rings. The first-order valence-corrected chi connectivity index (χ1v) is 7.75. The SMILES string of the molecule is O=C(NCC1CCCC1O)C1CCCN1c1ncccn1. The highest BCUT2D eigenvalue weighted by atomic mass is 16.3. The molecule has 1 saturated heterocycles. The fraction of sp³-hybridized carbons (Fsp3) is 0.667. The predicted molar refractivity (Wildman–Crippen MR) is 78.8 cm³/mol. The molecule has 114 valence electrons. The van der Waals surface area contributed by atoms with E-state index >= 15 is 0 Å². The molecule has 2 heterocycles. The van der Waals surface area contributed by atoms with Gasteiger partial charge in [0, 0.05) is 31.4 Å². The Labute approximate surface area is 124 Å². The lowest BCUT2D eigenvalue weighted by Gasteiger charge is -2.24. The van der Waals surface area contributed by atoms with Crippen molar-refractivity contribution >= 4 is 11.9 Å². The number of rotatable bonds is 4. The van der Waals surface area contributed by atoms with Gasteiger partial charge in [0.25, 0.3) is 0 Å². The molecular weight excluding hydrogens is 268 g/mol. The predicted octanol–water partition coefficient (Wildman–Crippen LogP) is 0.723. The lowest BCUT2D eigenvalue weighted by molar-refractivity contribution is -0.122. The van der Waals surface area contributed by atoms with E-state index in [2.05, 4.69) is 15.3 Å². The van der Waals surface area contributed by atoms with Gasteiger partial charge in [-0.2, -0.15) is 0 Å². The number of nitrogens with one attached hydrogen (secondary N) is 1. The van der Waals surface area contributed by atoms with Gasteiger partial charge in [0.1, 0.15) is 6.04 Å². The van der Waals surface area contributed by atoms with E-state index in [4.69, 9.17) is 0 Å². The fourth-order valence-corrected chi connectivity index (χ4v) is 3.32. The fourth-order valence-electron chi connectivity index (χ4n) is 3.32. The molecule has 2 aliphatic rings. The van der Waals surface area contributed by atoms with Crippen molar-refractivity contribution in [2.24, 2.45) is 5.92 Å². The van der Waals surface area contributed by atoms with Crippen LogP contribution in [0.5, 0.6) is 0 Å². The maximum atomic E-state index is 12.4. The van der Waals surface area contributed by atoms with E-state index < -0.39 is 0 Å². The largest absolute Gasteiger partial charge is 0.393 e. The third-order valence-electron chi connectivity index (χ3n) is 4.52. The number of nitrogens with zero attached hydrogens (tertiary/aromatic N) is 3. The zero-order valence-electron chi connectivity index (χ0n) is 12.1. The molecule has 0 bridgehead atoms. The summed E-state index contributed by atoms with van der Waals surface area (Å²) in [6.07, 6.45) is 7.84. The minimum Gasteiger partial charge on any atom is -0.393 e. The highest BCUT2D eigenvalue weighted by Crippen LogP contribution is 2.25. The number of amides is 1. The standard InChI is InChI=1S/C15H22N4O2/c20-13-6-1-4-11(13)10-18-14(21)12-5-2-9-19(12)15-16-7-3-8-17-15/h3,7-8,11-13,20H,1-2,4-6,9-10H2,(H,18,21). The van der Waals surface area contributed by atoms with E-state index in [0.717, 1.165) is 38.6 Å². The lowest BCUT2D eigenvalue weighted by Crippen LogP contribution is -2.45. The molecule has 1 aromatic heterocycles. The van der Waals surface area contributed by atoms with Crippen molar-refractivity contribution in [2.75, 3.05) is 18.0 Å². The van der Waals surface area contributed by atoms with Crippen LogP contribution < -0.4 is 10.2 Å². The molecule has 3 atom stereocenters. The first kappa shape index (κ1) is 14.3. The van der Waals surface area contributed by atoms with Gasteiger partial charge in [0.15, 0.2) is 0 Å². The van der Waals surface area contributed by atoms with Crippen LogP contribution >= 0.6 is 0 Å². The van der Waals surface area contributed by atoms with Crippen molar-refractivity contribution < 1.29 is 9.90 Å². The van der Waals surface area contributed by atoms with E-state index in [0.29, 0.717) is 12.5 Å². The maximum Gasteiger partial charge on any atom is 0.242 e. The van der Waals surface area contributed by atoms with Gasteiger partial charge in [0.05, 0.1) is 6.10 Å². The summed E-state index contributed by atoms with van der Waals surface area (Å²) >= 11 is 0. The molecule has 1 aromatic rings. The Bertz CT molecular complexity index is 482. The van der Waals surface area contributed by atoms with Crippen LogP contribution in [0.3, 0.4) is 0 Å². The molecule has 6 nitrogen and oxygen atoms in total. The second-order valence-corrected chi connectivity index (χ2v) is 5.90. The molecular formula is C15H22N4O2. The van der Waals surface area contributed by atoms with Crippen LogP contribution in [0.15, 0.2) is 18.5 Å². The lowest BCUT2D eigenvalue weighted by atomic mass is 10.1. The number of hydrogen-bond acceptors (Lipinski definition) is 5. The van der Waals surface area contributed by atoms with Crippen molar-refractivity contribution in [3.63, 3.8) is 0 Å². The second-order valence-electron chi connectivity index (χ2n) is 5.90. The summed E-state index contributed by atoms with van der Waals surface area (Å²) in [5.74, 6) is 0.854. The Hall–Kier alpha value is -1.69. The van der Waals surface area contributed by atoms with Gasteiger partial charge >= 0.3 is 0 Å². The zero-order valence-corrected chi connectivity index (χ0v) is 12.1. The van der Waals surface area contributed by atoms with Crippen molar-refractivity contribution in [3.8, 4) is 0 Å². The Morgan fingerprint density at radius 1 is 1.29 bits per heavy atom. The number of hydrogen-bond donors (Lipinski definition) is 2. The molecule has 2 N–H and O–H groups in total. The molecule has 21 heavy (non-hydrogen) atoms. The molecule has 6 heteroatoms.